The summed E-state index contributed by atoms with van der Waals surface area (Å²) in [6.45, 7) is 2.02. The van der Waals surface area contributed by atoms with Crippen molar-refractivity contribution in [2.45, 2.75) is 30.9 Å². The van der Waals surface area contributed by atoms with E-state index >= 15 is 0 Å². The van der Waals surface area contributed by atoms with Crippen molar-refractivity contribution in [3.63, 3.8) is 0 Å². The third-order valence-electron chi connectivity index (χ3n) is 5.33. The lowest BCUT2D eigenvalue weighted by Crippen LogP contribution is -2.50. The fraction of sp³-hybridized carbons (Fsp3) is 0.391. The predicted octanol–water partition coefficient (Wildman–Crippen LogP) is 1.76. The quantitative estimate of drug-likeness (QED) is 0.617. The molecule has 1 aliphatic rings. The highest BCUT2D eigenvalue weighted by molar-refractivity contribution is 7.89. The Hall–Kier alpha value is -2.75. The highest BCUT2D eigenvalue weighted by atomic mass is 32.2. The van der Waals surface area contributed by atoms with Gasteiger partial charge in [0.05, 0.1) is 11.5 Å². The number of piperazine rings is 1. The molecule has 2 aromatic carbocycles. The average molecular weight is 460 g/mol. The second-order valence-electron chi connectivity index (χ2n) is 7.63. The van der Waals surface area contributed by atoms with Gasteiger partial charge >= 0.3 is 0 Å². The summed E-state index contributed by atoms with van der Waals surface area (Å²) in [5.41, 5.74) is 2.00. The molecule has 2 aromatic rings. The number of benzene rings is 2. The van der Waals surface area contributed by atoms with Crippen LogP contribution in [-0.2, 0) is 37.5 Å². The third kappa shape index (κ3) is 6.38. The van der Waals surface area contributed by atoms with E-state index in [0.717, 1.165) is 11.1 Å². The van der Waals surface area contributed by atoms with Gasteiger partial charge in [0.15, 0.2) is 0 Å². The first-order valence-electron chi connectivity index (χ1n) is 10.6. The van der Waals surface area contributed by atoms with Gasteiger partial charge in [-0.3, -0.25) is 9.59 Å². The molecule has 2 amide bonds. The largest absolute Gasteiger partial charge is 0.380 e. The van der Waals surface area contributed by atoms with Crippen LogP contribution in [-0.4, -0.2) is 62.7 Å². The summed E-state index contributed by atoms with van der Waals surface area (Å²) in [5, 5.41) is 2.83. The molecule has 0 aromatic heterocycles. The highest BCUT2D eigenvalue weighted by Crippen LogP contribution is 2.17. The standard InChI is InChI=1S/C23H29N3O5S/c1-31-18-20-7-5-6-19(16-20)17-24-22(27)10-11-23(28)25-12-14-26(15-13-25)32(29,30)21-8-3-2-4-9-21/h2-9,16H,10-15,17-18H2,1H3,(H,24,27). The summed E-state index contributed by atoms with van der Waals surface area (Å²) in [6, 6.07) is 16.0. The Bertz CT molecular complexity index is 1020. The number of methoxy groups -OCH3 is 1. The molecule has 1 aliphatic heterocycles. The number of ether oxygens (including phenoxy) is 1. The van der Waals surface area contributed by atoms with E-state index in [0.29, 0.717) is 26.2 Å². The van der Waals surface area contributed by atoms with Crippen molar-refractivity contribution in [2.75, 3.05) is 33.3 Å². The Morgan fingerprint density at radius 3 is 2.31 bits per heavy atom. The number of hydrogen-bond donors (Lipinski definition) is 1. The topological polar surface area (TPSA) is 96.0 Å². The molecule has 0 saturated carbocycles. The van der Waals surface area contributed by atoms with Crippen LogP contribution in [0, 0.1) is 0 Å². The summed E-state index contributed by atoms with van der Waals surface area (Å²) in [5.74, 6) is -0.334. The first-order chi connectivity index (χ1) is 15.4. The second kappa shape index (κ2) is 11.2. The first kappa shape index (κ1) is 23.9. The molecule has 0 aliphatic carbocycles. The molecule has 0 atom stereocenters. The van der Waals surface area contributed by atoms with E-state index < -0.39 is 10.0 Å². The Morgan fingerprint density at radius 2 is 1.62 bits per heavy atom. The Labute approximate surface area is 189 Å². The molecule has 3 rings (SSSR count). The van der Waals surface area contributed by atoms with Crippen molar-refractivity contribution < 1.29 is 22.7 Å². The van der Waals surface area contributed by atoms with Crippen LogP contribution in [0.4, 0.5) is 0 Å². The number of carbonyl (C=O) groups is 2. The van der Waals surface area contributed by atoms with Crippen LogP contribution in [0.2, 0.25) is 0 Å². The minimum Gasteiger partial charge on any atom is -0.380 e. The van der Waals surface area contributed by atoms with Crippen molar-refractivity contribution in [1.82, 2.24) is 14.5 Å². The first-order valence-corrected chi connectivity index (χ1v) is 12.0. The van der Waals surface area contributed by atoms with Crippen LogP contribution >= 0.6 is 0 Å². The molecule has 172 valence electrons. The monoisotopic (exact) mass is 459 g/mol. The smallest absolute Gasteiger partial charge is 0.243 e. The van der Waals surface area contributed by atoms with Gasteiger partial charge in [0, 0.05) is 52.7 Å². The number of rotatable bonds is 9. The van der Waals surface area contributed by atoms with E-state index in [4.69, 9.17) is 4.74 Å². The van der Waals surface area contributed by atoms with Crippen molar-refractivity contribution in [3.05, 3.63) is 65.7 Å². The van der Waals surface area contributed by atoms with Crippen LogP contribution < -0.4 is 5.32 Å². The molecule has 1 saturated heterocycles. The van der Waals surface area contributed by atoms with Crippen LogP contribution in [0.5, 0.6) is 0 Å². The molecule has 9 heteroatoms. The maximum atomic E-state index is 12.7. The van der Waals surface area contributed by atoms with Crippen LogP contribution in [0.1, 0.15) is 24.0 Å². The molecule has 8 nitrogen and oxygen atoms in total. The number of hydrogen-bond acceptors (Lipinski definition) is 5. The molecule has 1 fully saturated rings. The number of nitrogens with one attached hydrogen (secondary N) is 1. The van der Waals surface area contributed by atoms with Crippen LogP contribution in [0.15, 0.2) is 59.5 Å². The van der Waals surface area contributed by atoms with Crippen molar-refractivity contribution >= 4 is 21.8 Å². The molecule has 0 radical (unpaired) electrons. The fourth-order valence-corrected chi connectivity index (χ4v) is 5.03. The third-order valence-corrected chi connectivity index (χ3v) is 7.24. The minimum atomic E-state index is -3.55. The molecule has 32 heavy (non-hydrogen) atoms. The SMILES string of the molecule is COCc1cccc(CNC(=O)CCC(=O)N2CCN(S(=O)(=O)c3ccccc3)CC2)c1. The summed E-state index contributed by atoms with van der Waals surface area (Å²) < 4.78 is 31.9. The summed E-state index contributed by atoms with van der Waals surface area (Å²) in [4.78, 5) is 26.5. The highest BCUT2D eigenvalue weighted by Gasteiger charge is 2.29. The van der Waals surface area contributed by atoms with E-state index in [1.807, 2.05) is 24.3 Å². The van der Waals surface area contributed by atoms with Gasteiger partial charge in [-0.1, -0.05) is 42.5 Å². The molecule has 0 unspecified atom stereocenters. The molecule has 1 heterocycles. The van der Waals surface area contributed by atoms with Crippen molar-refractivity contribution in [3.8, 4) is 0 Å². The molecular weight excluding hydrogens is 430 g/mol. The zero-order valence-corrected chi connectivity index (χ0v) is 19.0. The minimum absolute atomic E-state index is 0.0964. The summed E-state index contributed by atoms with van der Waals surface area (Å²) in [6.07, 6.45) is 0.195. The predicted molar refractivity (Wildman–Crippen MR) is 120 cm³/mol. The lowest BCUT2D eigenvalue weighted by molar-refractivity contribution is -0.134. The van der Waals surface area contributed by atoms with Gasteiger partial charge in [0.25, 0.3) is 0 Å². The van der Waals surface area contributed by atoms with Gasteiger partial charge in [0.1, 0.15) is 0 Å². The maximum absolute atomic E-state index is 12.7. The molecular formula is C23H29N3O5S. The Kier molecular flexibility index (Phi) is 8.38. The van der Waals surface area contributed by atoms with Crippen LogP contribution in [0.25, 0.3) is 0 Å². The van der Waals surface area contributed by atoms with Gasteiger partial charge in [-0.25, -0.2) is 8.42 Å². The van der Waals surface area contributed by atoms with E-state index in [9.17, 15) is 18.0 Å². The lowest BCUT2D eigenvalue weighted by Gasteiger charge is -2.34. The average Bonchev–Trinajstić information content (AvgIpc) is 2.82. The molecule has 0 bridgehead atoms. The van der Waals surface area contributed by atoms with Gasteiger partial charge in [-0.2, -0.15) is 4.31 Å². The Morgan fingerprint density at radius 1 is 0.938 bits per heavy atom. The van der Waals surface area contributed by atoms with Crippen molar-refractivity contribution in [2.24, 2.45) is 0 Å². The van der Waals surface area contributed by atoms with Crippen molar-refractivity contribution in [1.29, 1.82) is 0 Å². The molecule has 0 spiro atoms. The zero-order valence-electron chi connectivity index (χ0n) is 18.2. The van der Waals surface area contributed by atoms with E-state index in [1.54, 1.807) is 42.3 Å². The van der Waals surface area contributed by atoms with E-state index in [-0.39, 0.29) is 42.6 Å². The van der Waals surface area contributed by atoms with Crippen LogP contribution in [0.3, 0.4) is 0 Å². The number of sulfonamides is 1. The Balaban J connectivity index is 1.41. The van der Waals surface area contributed by atoms with Gasteiger partial charge < -0.3 is 15.0 Å². The zero-order chi connectivity index (χ0) is 23.0. The normalized spacial score (nSPS) is 14.8. The summed E-state index contributed by atoms with van der Waals surface area (Å²) >= 11 is 0. The van der Waals surface area contributed by atoms with E-state index in [2.05, 4.69) is 5.32 Å². The number of amides is 2. The molecule has 1 N–H and O–H groups in total. The summed E-state index contributed by atoms with van der Waals surface area (Å²) in [7, 11) is -1.92. The van der Waals surface area contributed by atoms with Gasteiger partial charge in [0.2, 0.25) is 21.8 Å². The second-order valence-corrected chi connectivity index (χ2v) is 9.57. The van der Waals surface area contributed by atoms with Gasteiger partial charge in [-0.15, -0.1) is 0 Å². The van der Waals surface area contributed by atoms with Gasteiger partial charge in [-0.05, 0) is 23.3 Å². The lowest BCUT2D eigenvalue weighted by atomic mass is 10.1. The maximum Gasteiger partial charge on any atom is 0.243 e. The van der Waals surface area contributed by atoms with E-state index in [1.165, 1.54) is 4.31 Å². The fourth-order valence-electron chi connectivity index (χ4n) is 3.58. The number of nitrogens with zero attached hydrogens (tertiary/aromatic N) is 2. The number of carbonyl (C=O) groups excluding carboxylic acids is 2.